The molecule has 0 bridgehead atoms. The molecule has 0 fully saturated rings. The second-order valence-electron chi connectivity index (χ2n) is 2.61. The van der Waals surface area contributed by atoms with E-state index in [9.17, 15) is 4.79 Å². The molecule has 0 spiro atoms. The van der Waals surface area contributed by atoms with E-state index < -0.39 is 0 Å². The minimum Gasteiger partial charge on any atom is -0.284 e. The first-order valence-corrected chi connectivity index (χ1v) is 4.59. The highest BCUT2D eigenvalue weighted by molar-refractivity contribution is 9.10. The number of benzene rings is 1. The van der Waals surface area contributed by atoms with Crippen LogP contribution in [0.5, 0.6) is 0 Å². The average molecular weight is 239 g/mol. The van der Waals surface area contributed by atoms with E-state index in [0.717, 1.165) is 5.69 Å². The highest BCUT2D eigenvalue weighted by Gasteiger charge is 2.00. The van der Waals surface area contributed by atoms with Crippen molar-refractivity contribution in [1.82, 2.24) is 9.78 Å². The molecule has 1 aromatic carbocycles. The first-order valence-electron chi connectivity index (χ1n) is 3.80. The van der Waals surface area contributed by atoms with Crippen molar-refractivity contribution < 1.29 is 0 Å². The van der Waals surface area contributed by atoms with E-state index >= 15 is 0 Å². The van der Waals surface area contributed by atoms with Crippen molar-refractivity contribution in [3.05, 3.63) is 51.4 Å². The monoisotopic (exact) mass is 238 g/mol. The van der Waals surface area contributed by atoms with Crippen molar-refractivity contribution in [3.8, 4) is 5.69 Å². The minimum absolute atomic E-state index is 0.0712. The Labute approximate surface area is 83.1 Å². The normalized spacial score (nSPS) is 10.2. The molecule has 0 aliphatic rings. The Morgan fingerprint density at radius 1 is 1.23 bits per heavy atom. The maximum absolute atomic E-state index is 11.3. The zero-order valence-electron chi connectivity index (χ0n) is 6.70. The summed E-state index contributed by atoms with van der Waals surface area (Å²) >= 11 is 3.20. The Hall–Kier alpha value is -1.29. The molecule has 0 amide bonds. The molecule has 0 radical (unpaired) electrons. The lowest BCUT2D eigenvalue weighted by Gasteiger charge is -1.99. The summed E-state index contributed by atoms with van der Waals surface area (Å²) in [5, 5.41) is 2.88. The summed E-state index contributed by atoms with van der Waals surface area (Å²) in [6, 6.07) is 10.9. The summed E-state index contributed by atoms with van der Waals surface area (Å²) in [6.07, 6.45) is 0. The van der Waals surface area contributed by atoms with Gasteiger partial charge in [0.1, 0.15) is 4.60 Å². The van der Waals surface area contributed by atoms with Crippen LogP contribution in [0, 0.1) is 0 Å². The fraction of sp³-hybridized carbons (Fsp3) is 0. The standard InChI is InChI=1S/C9H7BrN2O/c10-8-6-9(13)12(11-8)7-4-2-1-3-5-7/h1-6,11H. The Morgan fingerprint density at radius 2 is 1.92 bits per heavy atom. The zero-order valence-corrected chi connectivity index (χ0v) is 8.28. The number of para-hydroxylation sites is 1. The van der Waals surface area contributed by atoms with Gasteiger partial charge >= 0.3 is 0 Å². The summed E-state index contributed by atoms with van der Waals surface area (Å²) in [5.74, 6) is 0. The molecule has 0 aliphatic carbocycles. The van der Waals surface area contributed by atoms with Gasteiger partial charge in [0, 0.05) is 6.07 Å². The molecule has 0 unspecified atom stereocenters. The predicted octanol–water partition coefficient (Wildman–Crippen LogP) is 1.93. The molecule has 4 heteroatoms. The molecule has 0 saturated heterocycles. The van der Waals surface area contributed by atoms with Crippen molar-refractivity contribution in [2.24, 2.45) is 0 Å². The SMILES string of the molecule is O=c1cc(Br)[nH]n1-c1ccccc1. The highest BCUT2D eigenvalue weighted by Crippen LogP contribution is 2.06. The number of nitrogens with zero attached hydrogens (tertiary/aromatic N) is 1. The molecule has 3 nitrogen and oxygen atoms in total. The lowest BCUT2D eigenvalue weighted by atomic mass is 10.3. The number of halogens is 1. The third-order valence-corrected chi connectivity index (χ3v) is 2.11. The summed E-state index contributed by atoms with van der Waals surface area (Å²) in [5.41, 5.74) is 0.760. The number of H-pyrrole nitrogens is 1. The lowest BCUT2D eigenvalue weighted by molar-refractivity contribution is 0.841. The van der Waals surface area contributed by atoms with Crippen molar-refractivity contribution >= 4 is 15.9 Å². The quantitative estimate of drug-likeness (QED) is 0.811. The number of aromatic amines is 1. The first-order chi connectivity index (χ1) is 6.27. The van der Waals surface area contributed by atoms with Gasteiger partial charge in [-0.25, -0.2) is 4.68 Å². The molecule has 13 heavy (non-hydrogen) atoms. The molecule has 66 valence electrons. The van der Waals surface area contributed by atoms with Crippen molar-refractivity contribution in [2.45, 2.75) is 0 Å². The summed E-state index contributed by atoms with van der Waals surface area (Å²) < 4.78 is 2.16. The van der Waals surface area contributed by atoms with Crippen LogP contribution in [0.2, 0.25) is 0 Å². The molecule has 1 heterocycles. The topological polar surface area (TPSA) is 37.8 Å². The number of aromatic nitrogens is 2. The lowest BCUT2D eigenvalue weighted by Crippen LogP contribution is -2.12. The third-order valence-electron chi connectivity index (χ3n) is 1.70. The van der Waals surface area contributed by atoms with Gasteiger partial charge in [0.05, 0.1) is 5.69 Å². The van der Waals surface area contributed by atoms with Crippen LogP contribution in [-0.4, -0.2) is 9.78 Å². The van der Waals surface area contributed by atoms with E-state index in [0.29, 0.717) is 4.60 Å². The van der Waals surface area contributed by atoms with Crippen molar-refractivity contribution in [2.75, 3.05) is 0 Å². The molecule has 2 rings (SSSR count). The number of nitrogens with one attached hydrogen (secondary N) is 1. The van der Waals surface area contributed by atoms with Crippen LogP contribution in [-0.2, 0) is 0 Å². The van der Waals surface area contributed by atoms with Crippen LogP contribution in [0.4, 0.5) is 0 Å². The van der Waals surface area contributed by atoms with Crippen LogP contribution >= 0.6 is 15.9 Å². The fourth-order valence-electron chi connectivity index (χ4n) is 1.14. The molecule has 1 N–H and O–H groups in total. The fourth-order valence-corrected chi connectivity index (χ4v) is 1.51. The molecular weight excluding hydrogens is 232 g/mol. The molecule has 1 aromatic heterocycles. The van der Waals surface area contributed by atoms with E-state index in [1.165, 1.54) is 10.7 Å². The Balaban J connectivity index is 2.59. The van der Waals surface area contributed by atoms with Gasteiger partial charge in [0.2, 0.25) is 0 Å². The molecule has 2 aromatic rings. The van der Waals surface area contributed by atoms with Gasteiger partial charge < -0.3 is 0 Å². The van der Waals surface area contributed by atoms with Gasteiger partial charge in [-0.3, -0.25) is 9.89 Å². The van der Waals surface area contributed by atoms with Gasteiger partial charge in [-0.2, -0.15) is 0 Å². The number of hydrogen-bond donors (Lipinski definition) is 1. The Bertz CT molecular complexity index is 458. The van der Waals surface area contributed by atoms with Gasteiger partial charge in [-0.15, -0.1) is 0 Å². The smallest absolute Gasteiger partial charge is 0.272 e. The van der Waals surface area contributed by atoms with E-state index in [4.69, 9.17) is 0 Å². The third kappa shape index (κ3) is 1.58. The van der Waals surface area contributed by atoms with Crippen molar-refractivity contribution in [3.63, 3.8) is 0 Å². The van der Waals surface area contributed by atoms with Crippen LogP contribution < -0.4 is 5.56 Å². The van der Waals surface area contributed by atoms with Crippen LogP contribution in [0.15, 0.2) is 45.8 Å². The Morgan fingerprint density at radius 3 is 2.46 bits per heavy atom. The maximum atomic E-state index is 11.3. The minimum atomic E-state index is -0.0712. The molecule has 0 saturated carbocycles. The van der Waals surface area contributed by atoms with E-state index in [-0.39, 0.29) is 5.56 Å². The number of rotatable bonds is 1. The molecule has 0 aliphatic heterocycles. The van der Waals surface area contributed by atoms with Gasteiger partial charge in [-0.1, -0.05) is 18.2 Å². The van der Waals surface area contributed by atoms with E-state index in [1.54, 1.807) is 0 Å². The summed E-state index contributed by atoms with van der Waals surface area (Å²) in [6.45, 7) is 0. The second-order valence-corrected chi connectivity index (χ2v) is 3.47. The van der Waals surface area contributed by atoms with Crippen LogP contribution in [0.1, 0.15) is 0 Å². The largest absolute Gasteiger partial charge is 0.284 e. The van der Waals surface area contributed by atoms with E-state index in [2.05, 4.69) is 21.0 Å². The van der Waals surface area contributed by atoms with Crippen LogP contribution in [0.25, 0.3) is 5.69 Å². The Kier molecular flexibility index (Phi) is 2.06. The maximum Gasteiger partial charge on any atom is 0.272 e. The average Bonchev–Trinajstić information content (AvgIpc) is 2.47. The number of hydrogen-bond acceptors (Lipinski definition) is 1. The van der Waals surface area contributed by atoms with Gasteiger partial charge in [-0.05, 0) is 28.1 Å². The van der Waals surface area contributed by atoms with Crippen LogP contribution in [0.3, 0.4) is 0 Å². The first kappa shape index (κ1) is 8.31. The second kappa shape index (κ2) is 3.22. The van der Waals surface area contributed by atoms with Gasteiger partial charge in [0.15, 0.2) is 0 Å². The highest BCUT2D eigenvalue weighted by atomic mass is 79.9. The summed E-state index contributed by atoms with van der Waals surface area (Å²) in [4.78, 5) is 11.3. The van der Waals surface area contributed by atoms with Crippen molar-refractivity contribution in [1.29, 1.82) is 0 Å². The molecule has 0 atom stereocenters. The summed E-state index contributed by atoms with van der Waals surface area (Å²) in [7, 11) is 0. The zero-order chi connectivity index (χ0) is 9.26. The van der Waals surface area contributed by atoms with E-state index in [1.807, 2.05) is 30.3 Å². The molecular formula is C9H7BrN2O. The predicted molar refractivity (Wildman–Crippen MR) is 54.1 cm³/mol. The van der Waals surface area contributed by atoms with Gasteiger partial charge in [0.25, 0.3) is 5.56 Å².